The molecule has 0 fully saturated rings. The number of hydrogen-bond acceptors (Lipinski definition) is 4. The number of nitrogens with one attached hydrogen (secondary N) is 1. The Hall–Kier alpha value is -1.79. The van der Waals surface area contributed by atoms with E-state index in [0.717, 1.165) is 0 Å². The Bertz CT molecular complexity index is 547. The summed E-state index contributed by atoms with van der Waals surface area (Å²) >= 11 is 5.93. The van der Waals surface area contributed by atoms with E-state index < -0.39 is 0 Å². The second-order valence-corrected chi connectivity index (χ2v) is 5.57. The van der Waals surface area contributed by atoms with E-state index in [1.807, 2.05) is 13.8 Å². The second-order valence-electron chi connectivity index (χ2n) is 5.13. The Morgan fingerprint density at radius 2 is 1.87 bits per heavy atom. The maximum atomic E-state index is 12.1. The lowest BCUT2D eigenvalue weighted by Gasteiger charge is -2.22. The molecule has 0 atom stereocenters. The van der Waals surface area contributed by atoms with Crippen LogP contribution in [0.5, 0.6) is 5.75 Å². The summed E-state index contributed by atoms with van der Waals surface area (Å²) in [6, 6.07) is 5.00. The van der Waals surface area contributed by atoms with Crippen LogP contribution in [-0.2, 0) is 9.59 Å². The van der Waals surface area contributed by atoms with Crippen molar-refractivity contribution >= 4 is 29.1 Å². The number of nitrogens with zero attached hydrogens (tertiary/aromatic N) is 2. The van der Waals surface area contributed by atoms with Gasteiger partial charge < -0.3 is 15.0 Å². The summed E-state index contributed by atoms with van der Waals surface area (Å²) in [6.45, 7) is 5.48. The zero-order valence-electron chi connectivity index (χ0n) is 14.1. The molecule has 1 aromatic rings. The third-order valence-corrected chi connectivity index (χ3v) is 3.61. The number of methoxy groups -OCH3 is 1. The molecule has 0 aliphatic rings. The fourth-order valence-corrected chi connectivity index (χ4v) is 2.35. The van der Waals surface area contributed by atoms with Crippen molar-refractivity contribution in [2.75, 3.05) is 45.7 Å². The fraction of sp³-hybridized carbons (Fsp3) is 0.500. The van der Waals surface area contributed by atoms with Crippen molar-refractivity contribution in [2.45, 2.75) is 13.8 Å². The van der Waals surface area contributed by atoms with Crippen LogP contribution in [0.25, 0.3) is 0 Å². The van der Waals surface area contributed by atoms with Crippen LogP contribution in [0.2, 0.25) is 5.02 Å². The standard InChI is InChI=1S/C16H24ClN3O3/c1-5-20(6-2)16(22)11-19(3)10-15(21)18-13-9-12(17)7-8-14(13)23-4/h7-9H,5-6,10-11H2,1-4H3,(H,18,21). The number of rotatable bonds is 8. The van der Waals surface area contributed by atoms with Gasteiger partial charge in [-0.3, -0.25) is 14.5 Å². The third kappa shape index (κ3) is 6.08. The molecule has 0 saturated carbocycles. The summed E-state index contributed by atoms with van der Waals surface area (Å²) < 4.78 is 5.18. The van der Waals surface area contributed by atoms with E-state index in [4.69, 9.17) is 16.3 Å². The highest BCUT2D eigenvalue weighted by atomic mass is 35.5. The molecule has 1 N–H and O–H groups in total. The van der Waals surface area contributed by atoms with Crippen molar-refractivity contribution < 1.29 is 14.3 Å². The van der Waals surface area contributed by atoms with Crippen LogP contribution in [0, 0.1) is 0 Å². The van der Waals surface area contributed by atoms with E-state index >= 15 is 0 Å². The Morgan fingerprint density at radius 3 is 2.43 bits per heavy atom. The highest BCUT2D eigenvalue weighted by Gasteiger charge is 2.15. The zero-order chi connectivity index (χ0) is 17.4. The summed E-state index contributed by atoms with van der Waals surface area (Å²) in [4.78, 5) is 27.5. The lowest BCUT2D eigenvalue weighted by Crippen LogP contribution is -2.41. The molecule has 7 heteroatoms. The van der Waals surface area contributed by atoms with Crippen LogP contribution >= 0.6 is 11.6 Å². The molecule has 1 aromatic carbocycles. The van der Waals surface area contributed by atoms with Crippen LogP contribution < -0.4 is 10.1 Å². The molecule has 0 radical (unpaired) electrons. The van der Waals surface area contributed by atoms with E-state index in [2.05, 4.69) is 5.32 Å². The fourth-order valence-electron chi connectivity index (χ4n) is 2.18. The van der Waals surface area contributed by atoms with Gasteiger partial charge in [0.1, 0.15) is 5.75 Å². The molecule has 0 heterocycles. The Morgan fingerprint density at radius 1 is 1.22 bits per heavy atom. The zero-order valence-corrected chi connectivity index (χ0v) is 14.8. The first-order chi connectivity index (χ1) is 10.9. The van der Waals surface area contributed by atoms with E-state index in [1.165, 1.54) is 7.11 Å². The number of amides is 2. The largest absolute Gasteiger partial charge is 0.495 e. The monoisotopic (exact) mass is 341 g/mol. The SMILES string of the molecule is CCN(CC)C(=O)CN(C)CC(=O)Nc1cc(Cl)ccc1OC. The number of anilines is 1. The number of ether oxygens (including phenoxy) is 1. The van der Waals surface area contributed by atoms with Crippen molar-refractivity contribution in [3.63, 3.8) is 0 Å². The quantitative estimate of drug-likeness (QED) is 0.786. The van der Waals surface area contributed by atoms with Crippen molar-refractivity contribution in [3.8, 4) is 5.75 Å². The molecule has 0 spiro atoms. The summed E-state index contributed by atoms with van der Waals surface area (Å²) in [7, 11) is 3.25. The lowest BCUT2D eigenvalue weighted by atomic mass is 10.3. The van der Waals surface area contributed by atoms with E-state index in [1.54, 1.807) is 35.0 Å². The first-order valence-corrected chi connectivity index (χ1v) is 7.88. The molecule has 0 saturated heterocycles. The van der Waals surface area contributed by atoms with E-state index in [9.17, 15) is 9.59 Å². The molecule has 0 aliphatic heterocycles. The van der Waals surface area contributed by atoms with Crippen LogP contribution in [-0.4, -0.2) is 62.0 Å². The van der Waals surface area contributed by atoms with Crippen molar-refractivity contribution in [2.24, 2.45) is 0 Å². The number of carbonyl (C=O) groups is 2. The smallest absolute Gasteiger partial charge is 0.238 e. The predicted molar refractivity (Wildman–Crippen MR) is 92.1 cm³/mol. The van der Waals surface area contributed by atoms with E-state index in [0.29, 0.717) is 29.5 Å². The minimum Gasteiger partial charge on any atom is -0.495 e. The molecule has 23 heavy (non-hydrogen) atoms. The Kier molecular flexibility index (Phi) is 7.85. The van der Waals surface area contributed by atoms with Crippen LogP contribution in [0.3, 0.4) is 0 Å². The number of benzene rings is 1. The molecule has 0 unspecified atom stereocenters. The average molecular weight is 342 g/mol. The Labute approximate surface area is 142 Å². The maximum absolute atomic E-state index is 12.1. The van der Waals surface area contributed by atoms with Crippen molar-refractivity contribution in [1.29, 1.82) is 0 Å². The molecular weight excluding hydrogens is 318 g/mol. The number of likely N-dealkylation sites (N-methyl/N-ethyl adjacent to an activating group) is 2. The van der Waals surface area contributed by atoms with Gasteiger partial charge in [-0.15, -0.1) is 0 Å². The van der Waals surface area contributed by atoms with Gasteiger partial charge in [0, 0.05) is 18.1 Å². The van der Waals surface area contributed by atoms with Gasteiger partial charge in [0.05, 0.1) is 25.9 Å². The summed E-state index contributed by atoms with van der Waals surface area (Å²) in [6.07, 6.45) is 0. The topological polar surface area (TPSA) is 61.9 Å². The normalized spacial score (nSPS) is 10.5. The predicted octanol–water partition coefficient (Wildman–Crippen LogP) is 2.09. The molecule has 1 rings (SSSR count). The van der Waals surface area contributed by atoms with Gasteiger partial charge in [0.25, 0.3) is 0 Å². The first-order valence-electron chi connectivity index (χ1n) is 7.50. The lowest BCUT2D eigenvalue weighted by molar-refractivity contribution is -0.132. The highest BCUT2D eigenvalue weighted by molar-refractivity contribution is 6.31. The molecule has 128 valence electrons. The molecule has 0 aromatic heterocycles. The molecular formula is C16H24ClN3O3. The van der Waals surface area contributed by atoms with Crippen LogP contribution in [0.4, 0.5) is 5.69 Å². The summed E-state index contributed by atoms with van der Waals surface area (Å²) in [5.74, 6) is 0.302. The molecule has 0 aliphatic carbocycles. The van der Waals surface area contributed by atoms with E-state index in [-0.39, 0.29) is 24.9 Å². The molecule has 6 nitrogen and oxygen atoms in total. The number of hydrogen-bond donors (Lipinski definition) is 1. The van der Waals surface area contributed by atoms with Gasteiger partial charge >= 0.3 is 0 Å². The number of carbonyl (C=O) groups excluding carboxylic acids is 2. The van der Waals surface area contributed by atoms with Gasteiger partial charge in [-0.1, -0.05) is 11.6 Å². The first kappa shape index (κ1) is 19.3. The van der Waals surface area contributed by atoms with Gasteiger partial charge in [-0.2, -0.15) is 0 Å². The highest BCUT2D eigenvalue weighted by Crippen LogP contribution is 2.27. The van der Waals surface area contributed by atoms with Crippen molar-refractivity contribution in [1.82, 2.24) is 9.80 Å². The van der Waals surface area contributed by atoms with Gasteiger partial charge in [-0.25, -0.2) is 0 Å². The summed E-state index contributed by atoms with van der Waals surface area (Å²) in [5.41, 5.74) is 0.508. The van der Waals surface area contributed by atoms with Crippen LogP contribution in [0.1, 0.15) is 13.8 Å². The third-order valence-electron chi connectivity index (χ3n) is 3.37. The Balaban J connectivity index is 2.59. The molecule has 2 amide bonds. The van der Waals surface area contributed by atoms with Crippen molar-refractivity contribution in [3.05, 3.63) is 23.2 Å². The second kappa shape index (κ2) is 9.37. The average Bonchev–Trinajstić information content (AvgIpc) is 2.48. The van der Waals surface area contributed by atoms with Crippen LogP contribution in [0.15, 0.2) is 18.2 Å². The minimum atomic E-state index is -0.236. The van der Waals surface area contributed by atoms with Gasteiger partial charge in [0.15, 0.2) is 0 Å². The number of halogens is 1. The summed E-state index contributed by atoms with van der Waals surface area (Å²) in [5, 5.41) is 3.25. The minimum absolute atomic E-state index is 0.00522. The van der Waals surface area contributed by atoms with Gasteiger partial charge in [0.2, 0.25) is 11.8 Å². The molecule has 0 bridgehead atoms. The van der Waals surface area contributed by atoms with Gasteiger partial charge in [-0.05, 0) is 39.1 Å². The maximum Gasteiger partial charge on any atom is 0.238 e.